The van der Waals surface area contributed by atoms with Gasteiger partial charge in [-0.2, -0.15) is 0 Å². The van der Waals surface area contributed by atoms with Crippen molar-refractivity contribution in [3.63, 3.8) is 0 Å². The van der Waals surface area contributed by atoms with Crippen molar-refractivity contribution < 1.29 is 9.90 Å². The molecule has 0 aliphatic carbocycles. The third kappa shape index (κ3) is 1.88. The van der Waals surface area contributed by atoms with Crippen molar-refractivity contribution in [2.45, 2.75) is 13.3 Å². The summed E-state index contributed by atoms with van der Waals surface area (Å²) in [5, 5.41) is 9.80. The van der Waals surface area contributed by atoms with E-state index < -0.39 is 0 Å². The van der Waals surface area contributed by atoms with Crippen molar-refractivity contribution >= 4 is 11.6 Å². The predicted molar refractivity (Wildman–Crippen MR) is 62.4 cm³/mol. The van der Waals surface area contributed by atoms with E-state index in [1.54, 1.807) is 17.0 Å². The van der Waals surface area contributed by atoms with Crippen LogP contribution >= 0.6 is 0 Å². The Morgan fingerprint density at radius 2 is 2.31 bits per heavy atom. The number of hydrogen-bond donors (Lipinski definition) is 2. The van der Waals surface area contributed by atoms with Crippen molar-refractivity contribution in [3.05, 3.63) is 23.8 Å². The van der Waals surface area contributed by atoms with Gasteiger partial charge >= 0.3 is 0 Å². The molecule has 1 unspecified atom stereocenters. The summed E-state index contributed by atoms with van der Waals surface area (Å²) >= 11 is 0. The molecule has 3 N–H and O–H groups in total. The highest BCUT2D eigenvalue weighted by Crippen LogP contribution is 2.32. The number of rotatable bonds is 2. The first-order valence-electron chi connectivity index (χ1n) is 5.42. The fraction of sp³-hybridized carbons (Fsp3) is 0.417. The second kappa shape index (κ2) is 4.14. The zero-order valence-electron chi connectivity index (χ0n) is 9.31. The molecule has 2 rings (SSSR count). The van der Waals surface area contributed by atoms with Crippen molar-refractivity contribution in [2.75, 3.05) is 18.0 Å². The van der Waals surface area contributed by atoms with Gasteiger partial charge in [0, 0.05) is 13.0 Å². The number of aromatic hydroxyl groups is 1. The molecule has 0 radical (unpaired) electrons. The van der Waals surface area contributed by atoms with E-state index in [2.05, 4.69) is 0 Å². The van der Waals surface area contributed by atoms with Crippen LogP contribution in [0.4, 0.5) is 5.69 Å². The second-order valence-corrected chi connectivity index (χ2v) is 4.30. The van der Waals surface area contributed by atoms with E-state index in [0.717, 1.165) is 5.56 Å². The number of aryl methyl sites for hydroxylation is 1. The first-order chi connectivity index (χ1) is 7.61. The molecule has 16 heavy (non-hydrogen) atoms. The zero-order chi connectivity index (χ0) is 11.7. The Kier molecular flexibility index (Phi) is 2.83. The van der Waals surface area contributed by atoms with Crippen molar-refractivity contribution in [2.24, 2.45) is 11.7 Å². The Bertz CT molecular complexity index is 417. The summed E-state index contributed by atoms with van der Waals surface area (Å²) in [5.41, 5.74) is 7.12. The number of hydrogen-bond acceptors (Lipinski definition) is 3. The first-order valence-corrected chi connectivity index (χ1v) is 5.42. The van der Waals surface area contributed by atoms with Crippen LogP contribution in [0.2, 0.25) is 0 Å². The number of anilines is 1. The fourth-order valence-electron chi connectivity index (χ4n) is 2.03. The van der Waals surface area contributed by atoms with Gasteiger partial charge in [-0.1, -0.05) is 6.07 Å². The Morgan fingerprint density at radius 3 is 2.88 bits per heavy atom. The van der Waals surface area contributed by atoms with Crippen molar-refractivity contribution in [1.29, 1.82) is 0 Å². The average molecular weight is 220 g/mol. The van der Waals surface area contributed by atoms with Gasteiger partial charge < -0.3 is 15.7 Å². The number of carbonyl (C=O) groups excluding carboxylic acids is 1. The largest absolute Gasteiger partial charge is 0.506 e. The van der Waals surface area contributed by atoms with Gasteiger partial charge in [0.05, 0.1) is 5.69 Å². The topological polar surface area (TPSA) is 66.6 Å². The number of nitrogens with two attached hydrogens (primary N) is 1. The highest BCUT2D eigenvalue weighted by atomic mass is 16.3. The second-order valence-electron chi connectivity index (χ2n) is 4.30. The van der Waals surface area contributed by atoms with Crippen LogP contribution in [0.5, 0.6) is 5.75 Å². The number of amides is 1. The van der Waals surface area contributed by atoms with Gasteiger partial charge in [0.1, 0.15) is 5.75 Å². The van der Waals surface area contributed by atoms with E-state index in [1.165, 1.54) is 0 Å². The van der Waals surface area contributed by atoms with Crippen LogP contribution in [0, 0.1) is 12.8 Å². The molecule has 1 fully saturated rings. The van der Waals surface area contributed by atoms with Crippen LogP contribution < -0.4 is 10.6 Å². The lowest BCUT2D eigenvalue weighted by atomic mass is 10.1. The summed E-state index contributed by atoms with van der Waals surface area (Å²) in [4.78, 5) is 13.4. The lowest BCUT2D eigenvalue weighted by molar-refractivity contribution is -0.117. The molecule has 1 amide bonds. The molecule has 0 bridgehead atoms. The Hall–Kier alpha value is -1.55. The van der Waals surface area contributed by atoms with Gasteiger partial charge in [-0.05, 0) is 37.1 Å². The number of nitrogens with zero attached hydrogens (tertiary/aromatic N) is 1. The monoisotopic (exact) mass is 220 g/mol. The smallest absolute Gasteiger partial charge is 0.227 e. The van der Waals surface area contributed by atoms with Gasteiger partial charge in [0.15, 0.2) is 0 Å². The summed E-state index contributed by atoms with van der Waals surface area (Å²) in [6.45, 7) is 3.01. The molecular formula is C12H16N2O2. The number of carbonyl (C=O) groups is 1. The standard InChI is InChI=1S/C12H16N2O2/c1-8-2-3-10(11(15)4-8)14-7-9(6-13)5-12(14)16/h2-4,9,15H,5-7,13H2,1H3. The van der Waals surface area contributed by atoms with E-state index in [1.807, 2.05) is 13.0 Å². The molecule has 0 saturated carbocycles. The maximum Gasteiger partial charge on any atom is 0.227 e. The van der Waals surface area contributed by atoms with Gasteiger partial charge in [0.2, 0.25) is 5.91 Å². The third-order valence-corrected chi connectivity index (χ3v) is 2.96. The van der Waals surface area contributed by atoms with Gasteiger partial charge in [-0.15, -0.1) is 0 Å². The summed E-state index contributed by atoms with van der Waals surface area (Å²) in [5.74, 6) is 0.397. The quantitative estimate of drug-likeness (QED) is 0.781. The highest BCUT2D eigenvalue weighted by Gasteiger charge is 2.30. The molecule has 1 aliphatic rings. The van der Waals surface area contributed by atoms with Gasteiger partial charge in [-0.25, -0.2) is 0 Å². The predicted octanol–water partition coefficient (Wildman–Crippen LogP) is 1.01. The van der Waals surface area contributed by atoms with Crippen LogP contribution in [-0.2, 0) is 4.79 Å². The molecule has 1 aromatic carbocycles. The summed E-state index contributed by atoms with van der Waals surface area (Å²) in [7, 11) is 0. The molecule has 0 aromatic heterocycles. The minimum Gasteiger partial charge on any atom is -0.506 e. The van der Waals surface area contributed by atoms with Crippen LogP contribution in [-0.4, -0.2) is 24.1 Å². The van der Waals surface area contributed by atoms with E-state index in [-0.39, 0.29) is 17.6 Å². The minimum atomic E-state index is 0.0367. The lowest BCUT2D eigenvalue weighted by Crippen LogP contribution is -2.25. The lowest BCUT2D eigenvalue weighted by Gasteiger charge is -2.18. The van der Waals surface area contributed by atoms with E-state index >= 15 is 0 Å². The molecule has 4 nitrogen and oxygen atoms in total. The van der Waals surface area contributed by atoms with Crippen LogP contribution in [0.25, 0.3) is 0 Å². The van der Waals surface area contributed by atoms with E-state index in [4.69, 9.17) is 5.73 Å². The molecular weight excluding hydrogens is 204 g/mol. The normalized spacial score (nSPS) is 20.5. The number of phenolic OH excluding ortho intramolecular Hbond substituents is 1. The maximum absolute atomic E-state index is 11.7. The molecule has 86 valence electrons. The molecule has 1 atom stereocenters. The fourth-order valence-corrected chi connectivity index (χ4v) is 2.03. The summed E-state index contributed by atoms with van der Waals surface area (Å²) < 4.78 is 0. The maximum atomic E-state index is 11.7. The Labute approximate surface area is 94.7 Å². The first kappa shape index (κ1) is 11.0. The summed E-state index contributed by atoms with van der Waals surface area (Å²) in [6, 6.07) is 5.33. The minimum absolute atomic E-state index is 0.0367. The van der Waals surface area contributed by atoms with E-state index in [9.17, 15) is 9.90 Å². The highest BCUT2D eigenvalue weighted by molar-refractivity contribution is 5.97. The van der Waals surface area contributed by atoms with E-state index in [0.29, 0.717) is 25.2 Å². The Morgan fingerprint density at radius 1 is 1.56 bits per heavy atom. The SMILES string of the molecule is Cc1ccc(N2CC(CN)CC2=O)c(O)c1. The molecule has 1 aromatic rings. The summed E-state index contributed by atoms with van der Waals surface area (Å²) in [6.07, 6.45) is 0.476. The molecule has 4 heteroatoms. The van der Waals surface area contributed by atoms with Crippen molar-refractivity contribution in [3.8, 4) is 5.75 Å². The van der Waals surface area contributed by atoms with Crippen LogP contribution in [0.3, 0.4) is 0 Å². The number of benzene rings is 1. The Balaban J connectivity index is 2.28. The molecule has 1 aliphatic heterocycles. The van der Waals surface area contributed by atoms with Crippen LogP contribution in [0.1, 0.15) is 12.0 Å². The molecule has 0 spiro atoms. The number of phenols is 1. The third-order valence-electron chi connectivity index (χ3n) is 2.96. The van der Waals surface area contributed by atoms with Gasteiger partial charge in [-0.3, -0.25) is 4.79 Å². The van der Waals surface area contributed by atoms with Crippen LogP contribution in [0.15, 0.2) is 18.2 Å². The van der Waals surface area contributed by atoms with Crippen molar-refractivity contribution in [1.82, 2.24) is 0 Å². The van der Waals surface area contributed by atoms with Gasteiger partial charge in [0.25, 0.3) is 0 Å². The molecule has 1 saturated heterocycles. The molecule has 1 heterocycles. The average Bonchev–Trinajstić information content (AvgIpc) is 2.60. The zero-order valence-corrected chi connectivity index (χ0v) is 9.31.